The number of halogens is 3. The van der Waals surface area contributed by atoms with Crippen molar-refractivity contribution in [1.82, 2.24) is 9.78 Å². The molecule has 1 aliphatic rings. The van der Waals surface area contributed by atoms with E-state index in [9.17, 15) is 18.3 Å². The molecule has 0 fully saturated rings. The summed E-state index contributed by atoms with van der Waals surface area (Å²) in [6.07, 6.45) is -3.88. The highest BCUT2D eigenvalue weighted by molar-refractivity contribution is 6.02. The predicted octanol–water partition coefficient (Wildman–Crippen LogP) is 3.62. The molecule has 26 heavy (non-hydrogen) atoms. The van der Waals surface area contributed by atoms with Crippen molar-refractivity contribution in [3.05, 3.63) is 54.2 Å². The number of hydrogen-bond donors (Lipinski definition) is 1. The van der Waals surface area contributed by atoms with Gasteiger partial charge < -0.3 is 9.94 Å². The highest BCUT2D eigenvalue weighted by Gasteiger charge is 2.60. The van der Waals surface area contributed by atoms with Crippen LogP contribution in [-0.2, 0) is 11.9 Å². The monoisotopic (exact) mass is 361 g/mol. The molecule has 0 radical (unpaired) electrons. The Morgan fingerprint density at radius 1 is 1.12 bits per heavy atom. The van der Waals surface area contributed by atoms with Gasteiger partial charge >= 0.3 is 12.0 Å². The van der Waals surface area contributed by atoms with Crippen molar-refractivity contribution in [2.45, 2.75) is 18.4 Å². The molecule has 0 saturated heterocycles. The number of hydrogen-bond acceptors (Lipinski definition) is 4. The van der Waals surface area contributed by atoms with Gasteiger partial charge in [0.05, 0.1) is 23.8 Å². The van der Waals surface area contributed by atoms with Crippen molar-refractivity contribution in [3.63, 3.8) is 0 Å². The topological polar surface area (TPSA) is 59.6 Å². The third-order valence-corrected chi connectivity index (χ3v) is 4.48. The maximum Gasteiger partial charge on any atom is 0.458 e. The van der Waals surface area contributed by atoms with Crippen LogP contribution >= 0.6 is 0 Å². The Morgan fingerprint density at radius 2 is 1.81 bits per heavy atom. The summed E-state index contributed by atoms with van der Waals surface area (Å²) >= 11 is 0. The van der Waals surface area contributed by atoms with Gasteiger partial charge in [0.1, 0.15) is 0 Å². The molecule has 0 saturated carbocycles. The van der Waals surface area contributed by atoms with Crippen LogP contribution in [0.5, 0.6) is 0 Å². The van der Waals surface area contributed by atoms with Crippen molar-refractivity contribution in [3.8, 4) is 11.1 Å². The molecule has 1 aliphatic heterocycles. The third kappa shape index (κ3) is 2.53. The average Bonchev–Trinajstić information content (AvgIpc) is 3.19. The second kappa shape index (κ2) is 5.57. The van der Waals surface area contributed by atoms with Gasteiger partial charge in [0.2, 0.25) is 0 Å². The lowest BCUT2D eigenvalue weighted by molar-refractivity contribution is -0.355. The van der Waals surface area contributed by atoms with Crippen LogP contribution in [-0.4, -0.2) is 32.6 Å². The Labute approximate surface area is 146 Å². The largest absolute Gasteiger partial charge is 0.458 e. The second-order valence-electron chi connectivity index (χ2n) is 6.17. The van der Waals surface area contributed by atoms with Crippen LogP contribution in [0.2, 0.25) is 0 Å². The molecule has 1 aromatic heterocycles. The number of aromatic nitrogens is 2. The summed E-state index contributed by atoms with van der Waals surface area (Å²) in [7, 11) is 1.86. The normalized spacial score (nSPS) is 20.3. The van der Waals surface area contributed by atoms with E-state index in [1.807, 2.05) is 25.2 Å². The maximum absolute atomic E-state index is 12.8. The molecule has 1 unspecified atom stereocenters. The molecule has 0 aliphatic carbocycles. The predicted molar refractivity (Wildman–Crippen MR) is 89.4 cm³/mol. The minimum Gasteiger partial charge on any atom is -0.350 e. The zero-order valence-electron chi connectivity index (χ0n) is 13.7. The molecule has 4 rings (SSSR count). The van der Waals surface area contributed by atoms with Crippen LogP contribution in [0, 0.1) is 0 Å². The van der Waals surface area contributed by atoms with E-state index in [0.717, 1.165) is 22.0 Å². The van der Waals surface area contributed by atoms with Crippen molar-refractivity contribution >= 4 is 16.6 Å². The Kier molecular flexibility index (Phi) is 3.55. The molecule has 134 valence electrons. The van der Waals surface area contributed by atoms with Crippen LogP contribution in [0.4, 0.5) is 13.2 Å². The van der Waals surface area contributed by atoms with Crippen LogP contribution < -0.4 is 0 Å². The number of benzene rings is 2. The number of fused-ring (bicyclic) bond motifs is 1. The number of alkyl halides is 3. The average molecular weight is 361 g/mol. The molecular weight excluding hydrogens is 347 g/mol. The lowest BCUT2D eigenvalue weighted by atomic mass is 9.97. The zero-order chi connectivity index (χ0) is 18.5. The fourth-order valence-electron chi connectivity index (χ4n) is 3.00. The molecule has 8 heteroatoms. The van der Waals surface area contributed by atoms with Crippen LogP contribution in [0.3, 0.4) is 0 Å². The van der Waals surface area contributed by atoms with Gasteiger partial charge in [-0.2, -0.15) is 18.3 Å². The smallest absolute Gasteiger partial charge is 0.350 e. The first-order chi connectivity index (χ1) is 12.3. The molecule has 5 nitrogen and oxygen atoms in total. The van der Waals surface area contributed by atoms with Crippen molar-refractivity contribution < 1.29 is 23.1 Å². The van der Waals surface area contributed by atoms with E-state index in [1.165, 1.54) is 0 Å². The summed E-state index contributed by atoms with van der Waals surface area (Å²) in [4.78, 5) is 4.25. The van der Waals surface area contributed by atoms with Gasteiger partial charge in [0.15, 0.2) is 0 Å². The van der Waals surface area contributed by atoms with Gasteiger partial charge in [-0.1, -0.05) is 41.6 Å². The lowest BCUT2D eigenvalue weighted by Crippen LogP contribution is -2.45. The van der Waals surface area contributed by atoms with Gasteiger partial charge in [0.25, 0.3) is 0 Å². The fraction of sp³-hybridized carbons (Fsp3) is 0.222. The second-order valence-corrected chi connectivity index (χ2v) is 6.17. The van der Waals surface area contributed by atoms with Crippen LogP contribution in [0.25, 0.3) is 22.0 Å². The minimum atomic E-state index is -4.91. The van der Waals surface area contributed by atoms with E-state index in [2.05, 4.69) is 15.1 Å². The van der Waals surface area contributed by atoms with E-state index in [0.29, 0.717) is 5.56 Å². The molecule has 0 bridgehead atoms. The summed E-state index contributed by atoms with van der Waals surface area (Å²) in [5.74, 6) is -3.26. The van der Waals surface area contributed by atoms with E-state index < -0.39 is 18.4 Å². The van der Waals surface area contributed by atoms with Gasteiger partial charge in [-0.05, 0) is 22.8 Å². The van der Waals surface area contributed by atoms with Gasteiger partial charge in [0, 0.05) is 12.4 Å². The first kappa shape index (κ1) is 16.6. The lowest BCUT2D eigenvalue weighted by Gasteiger charge is -2.22. The number of nitrogens with zero attached hydrogens (tertiary/aromatic N) is 3. The Bertz CT molecular complexity index is 1010. The summed E-state index contributed by atoms with van der Waals surface area (Å²) in [6, 6.07) is 12.8. The molecule has 3 aromatic rings. The number of aryl methyl sites for hydroxylation is 1. The molecule has 2 aromatic carbocycles. The Balaban J connectivity index is 1.64. The molecule has 2 heterocycles. The van der Waals surface area contributed by atoms with Crippen molar-refractivity contribution in [1.29, 1.82) is 0 Å². The molecule has 0 amide bonds. The third-order valence-electron chi connectivity index (χ3n) is 4.48. The first-order valence-electron chi connectivity index (χ1n) is 7.84. The van der Waals surface area contributed by atoms with Crippen molar-refractivity contribution in [2.75, 3.05) is 0 Å². The standard InChI is InChI=1S/C18H14F3N3O2/c1-24-16-4-2-3-13(14(16)10-22-24)11-5-7-12(8-6-11)15-9-17(25,26-23-15)18(19,20)21/h2-8,10,25H,9H2,1H3. The Hall–Kier alpha value is -2.87. The van der Waals surface area contributed by atoms with E-state index in [4.69, 9.17) is 0 Å². The Morgan fingerprint density at radius 3 is 2.46 bits per heavy atom. The van der Waals surface area contributed by atoms with E-state index in [1.54, 1.807) is 35.1 Å². The van der Waals surface area contributed by atoms with Crippen molar-refractivity contribution in [2.24, 2.45) is 12.2 Å². The van der Waals surface area contributed by atoms with Gasteiger partial charge in [-0.15, -0.1) is 0 Å². The van der Waals surface area contributed by atoms with Gasteiger partial charge in [-0.25, -0.2) is 0 Å². The first-order valence-corrected chi connectivity index (χ1v) is 7.84. The highest BCUT2D eigenvalue weighted by Crippen LogP contribution is 2.39. The molecular formula is C18H14F3N3O2. The number of oxime groups is 1. The van der Waals surface area contributed by atoms with Crippen LogP contribution in [0.15, 0.2) is 53.8 Å². The maximum atomic E-state index is 12.8. The number of rotatable bonds is 2. The van der Waals surface area contributed by atoms with E-state index >= 15 is 0 Å². The quantitative estimate of drug-likeness (QED) is 0.759. The number of aliphatic hydroxyl groups is 1. The van der Waals surface area contributed by atoms with Gasteiger partial charge in [-0.3, -0.25) is 4.68 Å². The molecule has 0 spiro atoms. The van der Waals surface area contributed by atoms with E-state index in [-0.39, 0.29) is 5.71 Å². The summed E-state index contributed by atoms with van der Waals surface area (Å²) in [5.41, 5.74) is 3.37. The molecule has 1 atom stereocenters. The zero-order valence-corrected chi connectivity index (χ0v) is 13.7. The van der Waals surface area contributed by atoms with Crippen LogP contribution in [0.1, 0.15) is 12.0 Å². The SMILES string of the molecule is Cn1ncc2c(-c3ccc(C4=NOC(O)(C(F)(F)F)C4)cc3)cccc21. The summed E-state index contributed by atoms with van der Waals surface area (Å²) in [5, 5.41) is 18.2. The summed E-state index contributed by atoms with van der Waals surface area (Å²) < 4.78 is 40.2. The summed E-state index contributed by atoms with van der Waals surface area (Å²) in [6.45, 7) is 0. The fourth-order valence-corrected chi connectivity index (χ4v) is 3.00. The highest BCUT2D eigenvalue weighted by atomic mass is 19.4. The molecule has 1 N–H and O–H groups in total. The minimum absolute atomic E-state index is 0.0518.